The molecule has 154 valence electrons. The highest BCUT2D eigenvalue weighted by Crippen LogP contribution is 2.23. The third kappa shape index (κ3) is 4.80. The van der Waals surface area contributed by atoms with E-state index in [1.54, 1.807) is 0 Å². The van der Waals surface area contributed by atoms with E-state index in [1.165, 1.54) is 59.3 Å². The third-order valence-electron chi connectivity index (χ3n) is 5.73. The number of hydrogen-bond donors (Lipinski definition) is 0. The molecule has 1 aromatic heterocycles. The van der Waals surface area contributed by atoms with Crippen LogP contribution in [0.15, 0.2) is 55.1 Å². The second-order valence-corrected chi connectivity index (χ2v) is 8.06. The number of aromatic nitrogens is 2. The fourth-order valence-electron chi connectivity index (χ4n) is 4.45. The molecule has 0 saturated carbocycles. The van der Waals surface area contributed by atoms with Crippen LogP contribution in [0.5, 0.6) is 0 Å². The van der Waals surface area contributed by atoms with Crippen molar-refractivity contribution in [2.24, 2.45) is 0 Å². The van der Waals surface area contributed by atoms with Crippen LogP contribution in [0.25, 0.3) is 11.4 Å². The molecular formula is C27H37N2+. The predicted molar refractivity (Wildman–Crippen MR) is 123 cm³/mol. The highest BCUT2D eigenvalue weighted by molar-refractivity contribution is 5.46. The molecule has 29 heavy (non-hydrogen) atoms. The van der Waals surface area contributed by atoms with Crippen molar-refractivity contribution >= 4 is 0 Å². The van der Waals surface area contributed by atoms with Gasteiger partial charge in [-0.15, -0.1) is 0 Å². The standard InChI is InChI=1S/C27H37N2/c1-5-11-22-15-9-17-26(24(22)13-7-3)28-19-20-29(21-28)27-18-10-16-23(12-6-2)25(27)14-8-4/h9-10,15-21H,5-8,11-14H2,1-4H3/q+1. The second kappa shape index (κ2) is 10.4. The van der Waals surface area contributed by atoms with Gasteiger partial charge in [-0.2, -0.15) is 0 Å². The van der Waals surface area contributed by atoms with Gasteiger partial charge < -0.3 is 0 Å². The first kappa shape index (κ1) is 21.4. The summed E-state index contributed by atoms with van der Waals surface area (Å²) in [5.41, 5.74) is 8.69. The molecule has 3 rings (SSSR count). The van der Waals surface area contributed by atoms with E-state index in [0.29, 0.717) is 0 Å². The van der Waals surface area contributed by atoms with Crippen LogP contribution in [-0.4, -0.2) is 4.57 Å². The van der Waals surface area contributed by atoms with Crippen molar-refractivity contribution in [2.45, 2.75) is 79.1 Å². The van der Waals surface area contributed by atoms with Gasteiger partial charge in [-0.05, 0) is 48.9 Å². The van der Waals surface area contributed by atoms with Crippen molar-refractivity contribution < 1.29 is 4.57 Å². The van der Waals surface area contributed by atoms with Crippen LogP contribution in [-0.2, 0) is 25.7 Å². The molecule has 0 bridgehead atoms. The van der Waals surface area contributed by atoms with Gasteiger partial charge in [0.05, 0.1) is 0 Å². The number of rotatable bonds is 10. The SMILES string of the molecule is CCCc1cccc(-n2cc[n+](-c3cccc(CCC)c3CCC)c2)c1CCC. The van der Waals surface area contributed by atoms with Gasteiger partial charge in [0, 0.05) is 11.1 Å². The second-order valence-electron chi connectivity index (χ2n) is 8.06. The van der Waals surface area contributed by atoms with E-state index < -0.39 is 0 Å². The monoisotopic (exact) mass is 389 g/mol. The van der Waals surface area contributed by atoms with E-state index in [4.69, 9.17) is 0 Å². The molecule has 0 radical (unpaired) electrons. The molecule has 0 atom stereocenters. The van der Waals surface area contributed by atoms with Crippen LogP contribution in [0.2, 0.25) is 0 Å². The van der Waals surface area contributed by atoms with E-state index in [9.17, 15) is 0 Å². The van der Waals surface area contributed by atoms with Crippen molar-refractivity contribution in [3.63, 3.8) is 0 Å². The van der Waals surface area contributed by atoms with Gasteiger partial charge in [-0.25, -0.2) is 9.13 Å². The first-order valence-corrected chi connectivity index (χ1v) is 11.5. The van der Waals surface area contributed by atoms with Gasteiger partial charge in [0.15, 0.2) is 0 Å². The molecule has 0 unspecified atom stereocenters. The number of imidazole rings is 1. The molecule has 0 fully saturated rings. The summed E-state index contributed by atoms with van der Waals surface area (Å²) in [6.07, 6.45) is 16.0. The van der Waals surface area contributed by atoms with Crippen LogP contribution in [0.1, 0.15) is 75.6 Å². The Bertz CT molecular complexity index is 846. The fraction of sp³-hybridized carbons (Fsp3) is 0.444. The van der Waals surface area contributed by atoms with E-state index in [-0.39, 0.29) is 0 Å². The number of hydrogen-bond acceptors (Lipinski definition) is 0. The van der Waals surface area contributed by atoms with Crippen molar-refractivity contribution in [1.82, 2.24) is 4.57 Å². The average Bonchev–Trinajstić information content (AvgIpc) is 3.21. The minimum absolute atomic E-state index is 1.14. The smallest absolute Gasteiger partial charge is 0.202 e. The highest BCUT2D eigenvalue weighted by atomic mass is 15.1. The summed E-state index contributed by atoms with van der Waals surface area (Å²) in [7, 11) is 0. The Hall–Kier alpha value is -2.35. The number of aryl methyl sites for hydroxylation is 2. The maximum atomic E-state index is 2.31. The first-order valence-electron chi connectivity index (χ1n) is 11.5. The summed E-state index contributed by atoms with van der Waals surface area (Å²) in [6.45, 7) is 9.09. The molecule has 0 N–H and O–H groups in total. The molecule has 2 aromatic carbocycles. The topological polar surface area (TPSA) is 8.81 Å². The van der Waals surface area contributed by atoms with Crippen LogP contribution >= 0.6 is 0 Å². The molecule has 2 nitrogen and oxygen atoms in total. The Labute approximate surface area is 177 Å². The van der Waals surface area contributed by atoms with E-state index in [0.717, 1.165) is 25.7 Å². The third-order valence-corrected chi connectivity index (χ3v) is 5.73. The maximum absolute atomic E-state index is 2.31. The molecular weight excluding hydrogens is 352 g/mol. The van der Waals surface area contributed by atoms with Gasteiger partial charge in [-0.3, -0.25) is 0 Å². The minimum Gasteiger partial charge on any atom is -0.202 e. The molecule has 0 saturated heterocycles. The predicted octanol–water partition coefficient (Wildman–Crippen LogP) is 6.56. The van der Waals surface area contributed by atoms with E-state index >= 15 is 0 Å². The Morgan fingerprint density at radius 3 is 1.93 bits per heavy atom. The molecule has 1 heterocycles. The summed E-state index contributed by atoms with van der Waals surface area (Å²) in [4.78, 5) is 0. The molecule has 2 heteroatoms. The van der Waals surface area contributed by atoms with Gasteiger partial charge in [0.2, 0.25) is 0 Å². The van der Waals surface area contributed by atoms with Crippen LogP contribution in [0, 0.1) is 0 Å². The van der Waals surface area contributed by atoms with Crippen molar-refractivity contribution in [1.29, 1.82) is 0 Å². The Kier molecular flexibility index (Phi) is 7.69. The zero-order valence-corrected chi connectivity index (χ0v) is 18.7. The number of nitrogens with zero attached hydrogens (tertiary/aromatic N) is 2. The summed E-state index contributed by atoms with van der Waals surface area (Å²) in [6, 6.07) is 13.6. The molecule has 0 aliphatic carbocycles. The largest absolute Gasteiger partial charge is 0.254 e. The van der Waals surface area contributed by atoms with E-state index in [2.05, 4.69) is 91.9 Å². The lowest BCUT2D eigenvalue weighted by Crippen LogP contribution is -2.30. The quantitative estimate of drug-likeness (QED) is 0.347. The normalized spacial score (nSPS) is 11.2. The van der Waals surface area contributed by atoms with Gasteiger partial charge in [0.25, 0.3) is 6.33 Å². The molecule has 0 spiro atoms. The summed E-state index contributed by atoms with van der Waals surface area (Å²) >= 11 is 0. The van der Waals surface area contributed by atoms with Crippen molar-refractivity contribution in [3.8, 4) is 11.4 Å². The van der Waals surface area contributed by atoms with Gasteiger partial charge in [-0.1, -0.05) is 77.6 Å². The lowest BCUT2D eigenvalue weighted by Gasteiger charge is -2.12. The maximum Gasteiger partial charge on any atom is 0.254 e. The number of benzene rings is 2. The van der Waals surface area contributed by atoms with Crippen LogP contribution in [0.4, 0.5) is 0 Å². The zero-order valence-electron chi connectivity index (χ0n) is 18.7. The fourth-order valence-corrected chi connectivity index (χ4v) is 4.45. The summed E-state index contributed by atoms with van der Waals surface area (Å²) in [5.74, 6) is 0. The van der Waals surface area contributed by atoms with E-state index in [1.807, 2.05) is 0 Å². The van der Waals surface area contributed by atoms with Crippen molar-refractivity contribution in [3.05, 3.63) is 77.4 Å². The molecule has 0 aliphatic heterocycles. The Balaban J connectivity index is 2.05. The highest BCUT2D eigenvalue weighted by Gasteiger charge is 2.17. The molecule has 0 amide bonds. The summed E-state index contributed by atoms with van der Waals surface area (Å²) < 4.78 is 4.62. The summed E-state index contributed by atoms with van der Waals surface area (Å²) in [5, 5.41) is 0. The lowest BCUT2D eigenvalue weighted by atomic mass is 9.97. The lowest BCUT2D eigenvalue weighted by molar-refractivity contribution is -0.595. The minimum atomic E-state index is 1.14. The first-order chi connectivity index (χ1) is 14.2. The van der Waals surface area contributed by atoms with Crippen LogP contribution in [0.3, 0.4) is 0 Å². The van der Waals surface area contributed by atoms with Gasteiger partial charge >= 0.3 is 0 Å². The molecule has 0 aliphatic rings. The molecule has 3 aromatic rings. The average molecular weight is 390 g/mol. The van der Waals surface area contributed by atoms with Gasteiger partial charge in [0.1, 0.15) is 23.8 Å². The Morgan fingerprint density at radius 1 is 0.690 bits per heavy atom. The zero-order chi connectivity index (χ0) is 20.6. The van der Waals surface area contributed by atoms with Crippen LogP contribution < -0.4 is 4.57 Å². The van der Waals surface area contributed by atoms with Crippen molar-refractivity contribution in [2.75, 3.05) is 0 Å². The Morgan fingerprint density at radius 2 is 1.28 bits per heavy atom.